The lowest BCUT2D eigenvalue weighted by atomic mass is 9.99. The van der Waals surface area contributed by atoms with Crippen LogP contribution < -0.4 is 20.1 Å². The average Bonchev–Trinajstić information content (AvgIpc) is 2.75. The summed E-state index contributed by atoms with van der Waals surface area (Å²) in [6.07, 6.45) is 1.02. The largest absolute Gasteiger partial charge is 0.493 e. The standard InChI is InChI=1S/C22H30N4O2.HI/c1-23-22(25-15-17-7-5-4-6-8-17)24-10-12-26-11-9-18-13-20(27-2)21(28-3)14-19(18)16-26;/h4-8,13-14H,9-12,15-16H2,1-3H3,(H2,23,24,25);1H. The highest BCUT2D eigenvalue weighted by molar-refractivity contribution is 14.0. The van der Waals surface area contributed by atoms with Gasteiger partial charge in [0.1, 0.15) is 0 Å². The minimum Gasteiger partial charge on any atom is -0.493 e. The van der Waals surface area contributed by atoms with Gasteiger partial charge < -0.3 is 20.1 Å². The van der Waals surface area contributed by atoms with Crippen LogP contribution in [0.2, 0.25) is 0 Å². The summed E-state index contributed by atoms with van der Waals surface area (Å²) in [5, 5.41) is 6.76. The van der Waals surface area contributed by atoms with E-state index in [0.717, 1.165) is 56.6 Å². The van der Waals surface area contributed by atoms with Crippen molar-refractivity contribution in [3.8, 4) is 11.5 Å². The first-order chi connectivity index (χ1) is 13.7. The van der Waals surface area contributed by atoms with Crippen molar-refractivity contribution in [2.45, 2.75) is 19.5 Å². The zero-order valence-corrected chi connectivity index (χ0v) is 19.7. The fourth-order valence-corrected chi connectivity index (χ4v) is 3.47. The van der Waals surface area contributed by atoms with Crippen molar-refractivity contribution in [3.05, 3.63) is 59.2 Å². The van der Waals surface area contributed by atoms with Crippen LogP contribution in [0.4, 0.5) is 0 Å². The summed E-state index contributed by atoms with van der Waals surface area (Å²) in [7, 11) is 5.17. The molecule has 0 atom stereocenters. The molecule has 2 aromatic carbocycles. The van der Waals surface area contributed by atoms with E-state index >= 15 is 0 Å². The molecule has 0 amide bonds. The molecule has 0 aromatic heterocycles. The van der Waals surface area contributed by atoms with Crippen LogP contribution in [0.5, 0.6) is 11.5 Å². The SMILES string of the molecule is CN=C(NCCN1CCc2cc(OC)c(OC)cc2C1)NCc1ccccc1.I. The van der Waals surface area contributed by atoms with Crippen molar-refractivity contribution >= 4 is 29.9 Å². The minimum absolute atomic E-state index is 0. The van der Waals surface area contributed by atoms with E-state index in [1.165, 1.54) is 16.7 Å². The fourth-order valence-electron chi connectivity index (χ4n) is 3.47. The maximum Gasteiger partial charge on any atom is 0.191 e. The third kappa shape index (κ3) is 6.50. The molecule has 3 rings (SSSR count). The second kappa shape index (κ2) is 11.9. The molecule has 1 heterocycles. The highest BCUT2D eigenvalue weighted by atomic mass is 127. The van der Waals surface area contributed by atoms with Gasteiger partial charge in [-0.25, -0.2) is 0 Å². The van der Waals surface area contributed by atoms with Crippen LogP contribution in [0.15, 0.2) is 47.5 Å². The molecule has 0 radical (unpaired) electrons. The second-order valence-electron chi connectivity index (χ2n) is 6.84. The second-order valence-corrected chi connectivity index (χ2v) is 6.84. The van der Waals surface area contributed by atoms with Gasteiger partial charge in [-0.2, -0.15) is 0 Å². The third-order valence-electron chi connectivity index (χ3n) is 5.04. The Hall–Kier alpha value is -2.00. The summed E-state index contributed by atoms with van der Waals surface area (Å²) in [6, 6.07) is 14.5. The molecule has 0 aliphatic carbocycles. The molecular weight excluding hydrogens is 479 g/mol. The fraction of sp³-hybridized carbons (Fsp3) is 0.409. The number of hydrogen-bond acceptors (Lipinski definition) is 4. The van der Waals surface area contributed by atoms with Crippen LogP contribution in [0, 0.1) is 0 Å². The summed E-state index contributed by atoms with van der Waals surface area (Å²) in [5.74, 6) is 2.43. The minimum atomic E-state index is 0. The van der Waals surface area contributed by atoms with Gasteiger partial charge in [-0.1, -0.05) is 30.3 Å². The summed E-state index contributed by atoms with van der Waals surface area (Å²) in [4.78, 5) is 6.76. The number of halogens is 1. The van der Waals surface area contributed by atoms with Gasteiger partial charge in [-0.15, -0.1) is 24.0 Å². The quantitative estimate of drug-likeness (QED) is 0.341. The zero-order valence-electron chi connectivity index (χ0n) is 17.4. The van der Waals surface area contributed by atoms with Crippen LogP contribution in [0.1, 0.15) is 16.7 Å². The summed E-state index contributed by atoms with van der Waals surface area (Å²) in [6.45, 7) is 4.53. The molecule has 0 unspecified atom stereocenters. The normalized spacial score (nSPS) is 13.8. The molecule has 0 bridgehead atoms. The molecule has 0 fully saturated rings. The van der Waals surface area contributed by atoms with Crippen LogP contribution in [-0.4, -0.2) is 51.8 Å². The Balaban J connectivity index is 0.00000300. The summed E-state index contributed by atoms with van der Waals surface area (Å²) < 4.78 is 10.9. The number of hydrogen-bond donors (Lipinski definition) is 2. The van der Waals surface area contributed by atoms with Crippen molar-refractivity contribution in [1.29, 1.82) is 0 Å². The molecule has 6 nitrogen and oxygen atoms in total. The van der Waals surface area contributed by atoms with E-state index in [1.54, 1.807) is 21.3 Å². The first-order valence-corrected chi connectivity index (χ1v) is 9.68. The number of nitrogens with zero attached hydrogens (tertiary/aromatic N) is 2. The monoisotopic (exact) mass is 510 g/mol. The highest BCUT2D eigenvalue weighted by Crippen LogP contribution is 2.33. The summed E-state index contributed by atoms with van der Waals surface area (Å²) >= 11 is 0. The lowest BCUT2D eigenvalue weighted by Gasteiger charge is -2.29. The number of fused-ring (bicyclic) bond motifs is 1. The molecule has 2 aromatic rings. The van der Waals surface area contributed by atoms with E-state index in [2.05, 4.69) is 44.8 Å². The van der Waals surface area contributed by atoms with Crippen molar-refractivity contribution < 1.29 is 9.47 Å². The Morgan fingerprint density at radius 1 is 1.03 bits per heavy atom. The van der Waals surface area contributed by atoms with Crippen LogP contribution in [-0.2, 0) is 19.5 Å². The smallest absolute Gasteiger partial charge is 0.191 e. The van der Waals surface area contributed by atoms with Gasteiger partial charge >= 0.3 is 0 Å². The number of nitrogens with one attached hydrogen (secondary N) is 2. The van der Waals surface area contributed by atoms with Gasteiger partial charge in [0.2, 0.25) is 0 Å². The van der Waals surface area contributed by atoms with E-state index in [9.17, 15) is 0 Å². The molecule has 7 heteroatoms. The number of aliphatic imine (C=N–C) groups is 1. The maximum atomic E-state index is 5.45. The Kier molecular flexibility index (Phi) is 9.53. The van der Waals surface area contributed by atoms with E-state index in [4.69, 9.17) is 9.47 Å². The third-order valence-corrected chi connectivity index (χ3v) is 5.04. The van der Waals surface area contributed by atoms with Gasteiger partial charge in [0.25, 0.3) is 0 Å². The number of methoxy groups -OCH3 is 2. The van der Waals surface area contributed by atoms with Crippen molar-refractivity contribution in [2.75, 3.05) is 40.9 Å². The number of benzene rings is 2. The predicted octanol–water partition coefficient (Wildman–Crippen LogP) is 3.05. The molecule has 29 heavy (non-hydrogen) atoms. The molecule has 0 saturated heterocycles. The highest BCUT2D eigenvalue weighted by Gasteiger charge is 2.19. The van der Waals surface area contributed by atoms with E-state index in [1.807, 2.05) is 18.2 Å². The first kappa shape index (κ1) is 23.3. The van der Waals surface area contributed by atoms with Crippen molar-refractivity contribution in [2.24, 2.45) is 4.99 Å². The molecule has 0 spiro atoms. The van der Waals surface area contributed by atoms with Crippen LogP contribution in [0.3, 0.4) is 0 Å². The Labute approximate surface area is 190 Å². The predicted molar refractivity (Wildman–Crippen MR) is 129 cm³/mol. The molecule has 158 valence electrons. The zero-order chi connectivity index (χ0) is 19.8. The Morgan fingerprint density at radius 2 is 1.72 bits per heavy atom. The lowest BCUT2D eigenvalue weighted by molar-refractivity contribution is 0.256. The van der Waals surface area contributed by atoms with Crippen LogP contribution in [0.25, 0.3) is 0 Å². The molecule has 1 aliphatic heterocycles. The van der Waals surface area contributed by atoms with Gasteiger partial charge in [-0.05, 0) is 35.2 Å². The number of guanidine groups is 1. The average molecular weight is 510 g/mol. The molecule has 0 saturated carbocycles. The molecular formula is C22H31IN4O2. The topological polar surface area (TPSA) is 58.1 Å². The van der Waals surface area contributed by atoms with Gasteiger partial charge in [-0.3, -0.25) is 9.89 Å². The molecule has 2 N–H and O–H groups in total. The molecule has 1 aliphatic rings. The van der Waals surface area contributed by atoms with E-state index in [0.29, 0.717) is 0 Å². The first-order valence-electron chi connectivity index (χ1n) is 9.68. The maximum absolute atomic E-state index is 5.45. The number of ether oxygens (including phenoxy) is 2. The van der Waals surface area contributed by atoms with Gasteiger partial charge in [0.05, 0.1) is 14.2 Å². The van der Waals surface area contributed by atoms with Crippen molar-refractivity contribution in [3.63, 3.8) is 0 Å². The van der Waals surface area contributed by atoms with Gasteiger partial charge in [0.15, 0.2) is 17.5 Å². The van der Waals surface area contributed by atoms with E-state index < -0.39 is 0 Å². The lowest BCUT2D eigenvalue weighted by Crippen LogP contribution is -2.42. The number of rotatable bonds is 7. The Morgan fingerprint density at radius 3 is 2.38 bits per heavy atom. The Bertz CT molecular complexity index is 799. The van der Waals surface area contributed by atoms with Crippen molar-refractivity contribution in [1.82, 2.24) is 15.5 Å². The van der Waals surface area contributed by atoms with Gasteiger partial charge in [0, 0.05) is 39.8 Å². The van der Waals surface area contributed by atoms with E-state index in [-0.39, 0.29) is 24.0 Å². The summed E-state index contributed by atoms with van der Waals surface area (Å²) in [5.41, 5.74) is 3.90. The van der Waals surface area contributed by atoms with Crippen LogP contribution >= 0.6 is 24.0 Å².